The number of imidazole rings is 1. The highest BCUT2D eigenvalue weighted by atomic mass is 16.5. The minimum atomic E-state index is -1.35. The average molecular weight is 569 g/mol. The van der Waals surface area contributed by atoms with Crippen molar-refractivity contribution < 1.29 is 29.0 Å². The molecular weight excluding hydrogens is 536 g/mol. The summed E-state index contributed by atoms with van der Waals surface area (Å²) >= 11 is 0. The predicted octanol–water partition coefficient (Wildman–Crippen LogP) is 4.03. The van der Waals surface area contributed by atoms with Crippen molar-refractivity contribution in [3.8, 4) is 11.1 Å². The molecule has 3 atom stereocenters. The van der Waals surface area contributed by atoms with Gasteiger partial charge < -0.3 is 30.2 Å². The highest BCUT2D eigenvalue weighted by Crippen LogP contribution is 2.44. The molecule has 1 heterocycles. The molecule has 1 aromatic heterocycles. The van der Waals surface area contributed by atoms with Crippen LogP contribution in [0.1, 0.15) is 35.2 Å². The quantitative estimate of drug-likeness (QED) is 0.202. The Morgan fingerprint density at radius 1 is 0.929 bits per heavy atom. The number of carboxylic acids is 1. The Balaban J connectivity index is 1.24. The number of hydrogen-bond acceptors (Lipinski definition) is 6. The maximum Gasteiger partial charge on any atom is 0.407 e. The highest BCUT2D eigenvalue weighted by molar-refractivity contribution is 5.89. The molecule has 1 aliphatic rings. The van der Waals surface area contributed by atoms with E-state index in [2.05, 4.69) is 20.6 Å². The lowest BCUT2D eigenvalue weighted by atomic mass is 9.98. The summed E-state index contributed by atoms with van der Waals surface area (Å²) in [6, 6.07) is 22.8. The van der Waals surface area contributed by atoms with Crippen LogP contribution in [0.25, 0.3) is 11.1 Å². The second kappa shape index (κ2) is 13.1. The van der Waals surface area contributed by atoms with E-state index in [1.54, 1.807) is 6.92 Å². The molecule has 4 aromatic rings. The van der Waals surface area contributed by atoms with E-state index in [-0.39, 0.29) is 25.6 Å². The number of aromatic amines is 1. The number of hydrogen-bond donors (Lipinski definition) is 4. The van der Waals surface area contributed by atoms with Crippen LogP contribution in [0.4, 0.5) is 4.79 Å². The summed E-state index contributed by atoms with van der Waals surface area (Å²) < 4.78 is 11.4. The maximum atomic E-state index is 13.4. The van der Waals surface area contributed by atoms with E-state index in [1.807, 2.05) is 78.9 Å². The number of rotatable bonds is 12. The fourth-order valence-electron chi connectivity index (χ4n) is 5.14. The first-order valence-corrected chi connectivity index (χ1v) is 13.7. The highest BCUT2D eigenvalue weighted by Gasteiger charge is 2.33. The molecular formula is C32H32N4O6. The molecule has 42 heavy (non-hydrogen) atoms. The Bertz CT molecular complexity index is 1480. The van der Waals surface area contributed by atoms with Gasteiger partial charge in [-0.15, -0.1) is 0 Å². The second-order valence-corrected chi connectivity index (χ2v) is 10.1. The van der Waals surface area contributed by atoms with Crippen LogP contribution in [-0.4, -0.2) is 57.8 Å². The van der Waals surface area contributed by atoms with Gasteiger partial charge in [-0.2, -0.15) is 0 Å². The molecule has 0 unspecified atom stereocenters. The van der Waals surface area contributed by atoms with E-state index in [4.69, 9.17) is 9.47 Å². The molecule has 0 radical (unpaired) electrons. The maximum absolute atomic E-state index is 13.4. The van der Waals surface area contributed by atoms with Crippen molar-refractivity contribution in [3.05, 3.63) is 114 Å². The lowest BCUT2D eigenvalue weighted by Crippen LogP contribution is -2.55. The molecule has 3 aromatic carbocycles. The lowest BCUT2D eigenvalue weighted by molar-refractivity contribution is -0.146. The molecule has 5 rings (SSSR count). The van der Waals surface area contributed by atoms with Gasteiger partial charge in [-0.3, -0.25) is 4.79 Å². The summed E-state index contributed by atoms with van der Waals surface area (Å²) in [5.41, 5.74) is 5.77. The van der Waals surface area contributed by atoms with E-state index in [0.29, 0.717) is 5.69 Å². The molecule has 0 saturated carbocycles. The zero-order chi connectivity index (χ0) is 29.5. The fraction of sp³-hybridized carbons (Fsp3) is 0.250. The number of ether oxygens (including phenoxy) is 2. The summed E-state index contributed by atoms with van der Waals surface area (Å²) in [4.78, 5) is 45.3. The number of aliphatic carboxylic acids is 1. The molecule has 0 saturated heterocycles. The number of alkyl carbamates (subject to hydrolysis) is 1. The summed E-state index contributed by atoms with van der Waals surface area (Å²) in [5.74, 6) is -2.10. The standard InChI is InChI=1S/C32H32N4O6/c1-20(41-17-21-9-3-2-4-10-21)29(31(38)39)36-30(37)28(15-22-16-33-19-34-22)35-32(40)42-18-27-25-13-7-5-11-23(25)24-12-6-8-14-26(24)27/h2-14,16,19-20,27-29H,15,17-18H2,1H3,(H,33,34)(H,35,40)(H,36,37)(H,38,39)/t20-,28-,29+/m1/s1. The molecule has 0 fully saturated rings. The van der Waals surface area contributed by atoms with Gasteiger partial charge in [0.05, 0.1) is 19.0 Å². The summed E-state index contributed by atoms with van der Waals surface area (Å²) in [6.07, 6.45) is 1.38. The van der Waals surface area contributed by atoms with Gasteiger partial charge in [0.25, 0.3) is 0 Å². The van der Waals surface area contributed by atoms with Crippen LogP contribution in [0.15, 0.2) is 91.4 Å². The van der Waals surface area contributed by atoms with E-state index < -0.39 is 36.2 Å². The van der Waals surface area contributed by atoms with Crippen molar-refractivity contribution >= 4 is 18.0 Å². The van der Waals surface area contributed by atoms with Gasteiger partial charge in [0.2, 0.25) is 5.91 Å². The van der Waals surface area contributed by atoms with Crippen molar-refractivity contribution in [2.24, 2.45) is 0 Å². The number of carbonyl (C=O) groups is 3. The van der Waals surface area contributed by atoms with Crippen LogP contribution in [0, 0.1) is 0 Å². The van der Waals surface area contributed by atoms with Crippen LogP contribution in [0.2, 0.25) is 0 Å². The normalized spacial score (nSPS) is 14.2. The number of amides is 2. The van der Waals surface area contributed by atoms with Gasteiger partial charge in [-0.05, 0) is 34.7 Å². The zero-order valence-corrected chi connectivity index (χ0v) is 23.0. The summed E-state index contributed by atoms with van der Waals surface area (Å²) in [6.45, 7) is 1.82. The molecule has 10 nitrogen and oxygen atoms in total. The third kappa shape index (κ3) is 6.67. The topological polar surface area (TPSA) is 143 Å². The smallest absolute Gasteiger partial charge is 0.407 e. The predicted molar refractivity (Wildman–Crippen MR) is 155 cm³/mol. The van der Waals surface area contributed by atoms with E-state index >= 15 is 0 Å². The average Bonchev–Trinajstić information content (AvgIpc) is 3.63. The van der Waals surface area contributed by atoms with E-state index in [0.717, 1.165) is 27.8 Å². The number of aromatic nitrogens is 2. The fourth-order valence-corrected chi connectivity index (χ4v) is 5.14. The monoisotopic (exact) mass is 568 g/mol. The molecule has 0 aliphatic heterocycles. The number of fused-ring (bicyclic) bond motifs is 3. The van der Waals surface area contributed by atoms with E-state index in [1.165, 1.54) is 12.5 Å². The van der Waals surface area contributed by atoms with Gasteiger partial charge in [0.15, 0.2) is 6.04 Å². The number of carboxylic acid groups (broad SMARTS) is 1. The van der Waals surface area contributed by atoms with Gasteiger partial charge in [-0.25, -0.2) is 14.6 Å². The van der Waals surface area contributed by atoms with Gasteiger partial charge >= 0.3 is 12.1 Å². The number of nitrogens with zero attached hydrogens (tertiary/aromatic N) is 1. The summed E-state index contributed by atoms with van der Waals surface area (Å²) in [5, 5.41) is 15.0. The molecule has 0 bridgehead atoms. The third-order valence-corrected chi connectivity index (χ3v) is 7.32. The molecule has 10 heteroatoms. The lowest BCUT2D eigenvalue weighted by Gasteiger charge is -2.25. The minimum absolute atomic E-state index is 0.0433. The largest absolute Gasteiger partial charge is 0.480 e. The van der Waals surface area contributed by atoms with Crippen LogP contribution < -0.4 is 10.6 Å². The van der Waals surface area contributed by atoms with Gasteiger partial charge in [-0.1, -0.05) is 78.9 Å². The number of H-pyrrole nitrogens is 1. The zero-order valence-electron chi connectivity index (χ0n) is 23.0. The molecule has 2 amide bonds. The Hall–Kier alpha value is -4.96. The van der Waals surface area contributed by atoms with Crippen LogP contribution in [0.5, 0.6) is 0 Å². The Morgan fingerprint density at radius 3 is 2.19 bits per heavy atom. The second-order valence-electron chi connectivity index (χ2n) is 10.1. The molecule has 1 aliphatic carbocycles. The first-order valence-electron chi connectivity index (χ1n) is 13.7. The van der Waals surface area contributed by atoms with E-state index in [9.17, 15) is 19.5 Å². The number of benzene rings is 3. The molecule has 216 valence electrons. The van der Waals surface area contributed by atoms with Crippen molar-refractivity contribution in [2.75, 3.05) is 6.61 Å². The van der Waals surface area contributed by atoms with Crippen molar-refractivity contribution in [1.82, 2.24) is 20.6 Å². The molecule has 4 N–H and O–H groups in total. The van der Waals surface area contributed by atoms with Gasteiger partial charge in [0, 0.05) is 24.2 Å². The van der Waals surface area contributed by atoms with Crippen LogP contribution >= 0.6 is 0 Å². The molecule has 0 spiro atoms. The first kappa shape index (κ1) is 28.6. The number of nitrogens with one attached hydrogen (secondary N) is 3. The van der Waals surface area contributed by atoms with Crippen molar-refractivity contribution in [2.45, 2.75) is 44.1 Å². The number of carbonyl (C=O) groups excluding carboxylic acids is 2. The van der Waals surface area contributed by atoms with Crippen LogP contribution in [-0.2, 0) is 32.1 Å². The summed E-state index contributed by atoms with van der Waals surface area (Å²) in [7, 11) is 0. The Kier molecular flexibility index (Phi) is 8.93. The van der Waals surface area contributed by atoms with Crippen LogP contribution in [0.3, 0.4) is 0 Å². The Labute approximate surface area is 243 Å². The van der Waals surface area contributed by atoms with Gasteiger partial charge in [0.1, 0.15) is 12.6 Å². The van der Waals surface area contributed by atoms with Crippen molar-refractivity contribution in [1.29, 1.82) is 0 Å². The Morgan fingerprint density at radius 2 is 1.57 bits per heavy atom. The minimum Gasteiger partial charge on any atom is -0.480 e. The SMILES string of the molecule is C[C@@H](OCc1ccccc1)[C@H](NC(=O)[C@@H](Cc1cnc[nH]1)NC(=O)OCC1c2ccccc2-c2ccccc21)C(=O)O. The first-order chi connectivity index (χ1) is 20.4. The van der Waals surface area contributed by atoms with Crippen molar-refractivity contribution in [3.63, 3.8) is 0 Å². The third-order valence-electron chi connectivity index (χ3n) is 7.32.